The number of aromatic amines is 1. The molecule has 108 valence electrons. The molecule has 0 bridgehead atoms. The van der Waals surface area contributed by atoms with E-state index in [1.807, 2.05) is 6.92 Å². The Morgan fingerprint density at radius 3 is 2.90 bits per heavy atom. The molecule has 1 aromatic heterocycles. The third-order valence-corrected chi connectivity index (χ3v) is 3.94. The minimum Gasteiger partial charge on any atom is -0.491 e. The van der Waals surface area contributed by atoms with Gasteiger partial charge in [0.2, 0.25) is 0 Å². The summed E-state index contributed by atoms with van der Waals surface area (Å²) < 4.78 is 32.2. The van der Waals surface area contributed by atoms with Crippen LogP contribution in [0.2, 0.25) is 5.02 Å². The van der Waals surface area contributed by atoms with Crippen molar-refractivity contribution in [3.05, 3.63) is 35.7 Å². The van der Waals surface area contributed by atoms with Crippen LogP contribution >= 0.6 is 11.6 Å². The molecule has 20 heavy (non-hydrogen) atoms. The number of halogens is 1. The Morgan fingerprint density at radius 1 is 1.45 bits per heavy atom. The van der Waals surface area contributed by atoms with Crippen molar-refractivity contribution in [2.45, 2.75) is 18.4 Å². The van der Waals surface area contributed by atoms with Crippen LogP contribution in [-0.2, 0) is 10.0 Å². The fraction of sp³-hybridized carbons (Fsp3) is 0.250. The largest absolute Gasteiger partial charge is 0.491 e. The molecule has 8 heteroatoms. The molecule has 0 atom stereocenters. The molecule has 2 N–H and O–H groups in total. The van der Waals surface area contributed by atoms with Gasteiger partial charge in [0.15, 0.2) is 5.03 Å². The first kappa shape index (κ1) is 14.7. The fourth-order valence-electron chi connectivity index (χ4n) is 1.51. The Balaban J connectivity index is 2.30. The van der Waals surface area contributed by atoms with E-state index >= 15 is 0 Å². The molecule has 0 fully saturated rings. The second kappa shape index (κ2) is 6.15. The van der Waals surface area contributed by atoms with Crippen LogP contribution in [0.4, 0.5) is 5.69 Å². The van der Waals surface area contributed by atoms with E-state index in [9.17, 15) is 8.42 Å². The predicted molar refractivity (Wildman–Crippen MR) is 76.6 cm³/mol. The van der Waals surface area contributed by atoms with E-state index in [1.54, 1.807) is 12.1 Å². The summed E-state index contributed by atoms with van der Waals surface area (Å²) in [5, 5.41) is 0.384. The van der Waals surface area contributed by atoms with Gasteiger partial charge in [-0.1, -0.05) is 18.5 Å². The molecule has 0 saturated heterocycles. The topological polar surface area (TPSA) is 84.1 Å². The van der Waals surface area contributed by atoms with Gasteiger partial charge in [0, 0.05) is 5.02 Å². The maximum absolute atomic E-state index is 12.1. The van der Waals surface area contributed by atoms with Gasteiger partial charge in [0.25, 0.3) is 10.0 Å². The van der Waals surface area contributed by atoms with Crippen molar-refractivity contribution in [2.75, 3.05) is 11.3 Å². The molecule has 1 aromatic carbocycles. The molecule has 2 rings (SSSR count). The van der Waals surface area contributed by atoms with Gasteiger partial charge in [-0.2, -0.15) is 8.42 Å². The number of nitrogens with one attached hydrogen (secondary N) is 2. The SMILES string of the molecule is CCCOc1ccc(Cl)cc1NS(=O)(=O)c1cnc[nH]1. The van der Waals surface area contributed by atoms with Crippen LogP contribution in [0.3, 0.4) is 0 Å². The molecule has 0 radical (unpaired) electrons. The summed E-state index contributed by atoms with van der Waals surface area (Å²) in [5.41, 5.74) is 0.292. The molecule has 0 spiro atoms. The van der Waals surface area contributed by atoms with Gasteiger partial charge in [-0.15, -0.1) is 0 Å². The second-order valence-corrected chi connectivity index (χ2v) is 6.10. The Morgan fingerprint density at radius 2 is 2.25 bits per heavy atom. The van der Waals surface area contributed by atoms with Crippen LogP contribution in [0, 0.1) is 0 Å². The van der Waals surface area contributed by atoms with E-state index in [2.05, 4.69) is 14.7 Å². The monoisotopic (exact) mass is 315 g/mol. The van der Waals surface area contributed by atoms with E-state index in [4.69, 9.17) is 16.3 Å². The summed E-state index contributed by atoms with van der Waals surface area (Å²) >= 11 is 5.89. The Hall–Kier alpha value is -1.73. The summed E-state index contributed by atoms with van der Waals surface area (Å²) in [7, 11) is -3.74. The molecule has 0 saturated carbocycles. The van der Waals surface area contributed by atoms with Crippen molar-refractivity contribution in [1.82, 2.24) is 9.97 Å². The average molecular weight is 316 g/mol. The lowest BCUT2D eigenvalue weighted by Gasteiger charge is -2.13. The number of H-pyrrole nitrogens is 1. The van der Waals surface area contributed by atoms with Crippen molar-refractivity contribution in [1.29, 1.82) is 0 Å². The number of anilines is 1. The maximum Gasteiger partial charge on any atom is 0.279 e. The number of nitrogens with zero attached hydrogens (tertiary/aromatic N) is 1. The van der Waals surface area contributed by atoms with E-state index in [-0.39, 0.29) is 5.03 Å². The molecule has 0 aliphatic heterocycles. The maximum atomic E-state index is 12.1. The van der Waals surface area contributed by atoms with Crippen molar-refractivity contribution in [3.63, 3.8) is 0 Å². The summed E-state index contributed by atoms with van der Waals surface area (Å²) in [5.74, 6) is 0.430. The number of imidazole rings is 1. The van der Waals surface area contributed by atoms with Crippen LogP contribution in [0.5, 0.6) is 5.75 Å². The third-order valence-electron chi connectivity index (χ3n) is 2.41. The minimum absolute atomic E-state index is 0.0288. The zero-order valence-corrected chi connectivity index (χ0v) is 12.3. The molecule has 0 aliphatic carbocycles. The number of rotatable bonds is 6. The summed E-state index contributed by atoms with van der Waals surface area (Å²) in [6.07, 6.45) is 3.33. The summed E-state index contributed by atoms with van der Waals surface area (Å²) in [6, 6.07) is 4.77. The standard InChI is InChI=1S/C12H14ClN3O3S/c1-2-5-19-11-4-3-9(13)6-10(11)16-20(17,18)12-7-14-8-15-12/h3-4,6-8,16H,2,5H2,1H3,(H,14,15). The van der Waals surface area contributed by atoms with E-state index in [0.717, 1.165) is 6.42 Å². The van der Waals surface area contributed by atoms with Crippen LogP contribution < -0.4 is 9.46 Å². The number of hydrogen-bond donors (Lipinski definition) is 2. The number of benzene rings is 1. The molecular formula is C12H14ClN3O3S. The van der Waals surface area contributed by atoms with Gasteiger partial charge in [-0.05, 0) is 24.6 Å². The highest BCUT2D eigenvalue weighted by molar-refractivity contribution is 7.92. The second-order valence-electron chi connectivity index (χ2n) is 4.01. The number of ether oxygens (including phenoxy) is 1. The van der Waals surface area contributed by atoms with Gasteiger partial charge in [-0.3, -0.25) is 4.72 Å². The Labute approximate surface area is 122 Å². The highest BCUT2D eigenvalue weighted by Crippen LogP contribution is 2.29. The Bertz CT molecular complexity index is 671. The van der Waals surface area contributed by atoms with Crippen molar-refractivity contribution >= 4 is 27.3 Å². The van der Waals surface area contributed by atoms with Gasteiger partial charge in [-0.25, -0.2) is 4.98 Å². The molecule has 6 nitrogen and oxygen atoms in total. The van der Waals surface area contributed by atoms with Gasteiger partial charge >= 0.3 is 0 Å². The lowest BCUT2D eigenvalue weighted by Crippen LogP contribution is -2.14. The first-order valence-electron chi connectivity index (χ1n) is 5.96. The zero-order valence-electron chi connectivity index (χ0n) is 10.8. The summed E-state index contributed by atoms with van der Waals surface area (Å²) in [4.78, 5) is 6.23. The quantitative estimate of drug-likeness (QED) is 0.858. The fourth-order valence-corrected chi connectivity index (χ4v) is 2.65. The Kier molecular flexibility index (Phi) is 4.51. The smallest absolute Gasteiger partial charge is 0.279 e. The van der Waals surface area contributed by atoms with E-state index < -0.39 is 10.0 Å². The van der Waals surface area contributed by atoms with Gasteiger partial charge < -0.3 is 9.72 Å². The first-order valence-corrected chi connectivity index (χ1v) is 7.82. The molecule has 1 heterocycles. The highest BCUT2D eigenvalue weighted by atomic mass is 35.5. The first-order chi connectivity index (χ1) is 9.53. The van der Waals surface area contributed by atoms with Gasteiger partial charge in [0.1, 0.15) is 5.75 Å². The molecule has 2 aromatic rings. The number of sulfonamides is 1. The van der Waals surface area contributed by atoms with E-state index in [0.29, 0.717) is 23.1 Å². The number of aromatic nitrogens is 2. The normalized spacial score (nSPS) is 11.3. The summed E-state index contributed by atoms with van der Waals surface area (Å²) in [6.45, 7) is 2.45. The van der Waals surface area contributed by atoms with Gasteiger partial charge in [0.05, 0.1) is 24.8 Å². The van der Waals surface area contributed by atoms with Crippen LogP contribution in [0.1, 0.15) is 13.3 Å². The van der Waals surface area contributed by atoms with Crippen LogP contribution in [0.25, 0.3) is 0 Å². The third kappa shape index (κ3) is 3.43. The van der Waals surface area contributed by atoms with Crippen molar-refractivity contribution < 1.29 is 13.2 Å². The molecular weight excluding hydrogens is 302 g/mol. The van der Waals surface area contributed by atoms with Crippen molar-refractivity contribution in [3.8, 4) is 5.75 Å². The predicted octanol–water partition coefficient (Wildman–Crippen LogP) is 2.65. The number of hydrogen-bond acceptors (Lipinski definition) is 4. The molecule has 0 amide bonds. The zero-order chi connectivity index (χ0) is 14.6. The lowest BCUT2D eigenvalue weighted by molar-refractivity contribution is 0.319. The highest BCUT2D eigenvalue weighted by Gasteiger charge is 2.18. The van der Waals surface area contributed by atoms with Crippen LogP contribution in [-0.4, -0.2) is 25.0 Å². The van der Waals surface area contributed by atoms with E-state index in [1.165, 1.54) is 18.6 Å². The van der Waals surface area contributed by atoms with Crippen molar-refractivity contribution in [2.24, 2.45) is 0 Å². The molecule has 0 unspecified atom stereocenters. The average Bonchev–Trinajstić information content (AvgIpc) is 2.92. The minimum atomic E-state index is -3.74. The molecule has 0 aliphatic rings. The lowest BCUT2D eigenvalue weighted by atomic mass is 10.3. The van der Waals surface area contributed by atoms with Crippen LogP contribution in [0.15, 0.2) is 35.7 Å².